The van der Waals surface area contributed by atoms with Gasteiger partial charge in [0.15, 0.2) is 0 Å². The van der Waals surface area contributed by atoms with Crippen molar-refractivity contribution in [3.05, 3.63) is 23.2 Å². The van der Waals surface area contributed by atoms with Crippen LogP contribution in [0.5, 0.6) is 5.75 Å². The van der Waals surface area contributed by atoms with Gasteiger partial charge in [-0.15, -0.1) is 0 Å². The Morgan fingerprint density at radius 2 is 2.12 bits per heavy atom. The number of halogens is 1. The molecular formula is C19H28ClN3O3. The lowest BCUT2D eigenvalue weighted by molar-refractivity contribution is -0.126. The topological polar surface area (TPSA) is 61.9 Å². The summed E-state index contributed by atoms with van der Waals surface area (Å²) in [6, 6.07) is 5.20. The van der Waals surface area contributed by atoms with Crippen LogP contribution >= 0.6 is 11.6 Å². The third-order valence-corrected chi connectivity index (χ3v) is 4.72. The van der Waals surface area contributed by atoms with E-state index in [-0.39, 0.29) is 29.6 Å². The van der Waals surface area contributed by atoms with Crippen LogP contribution in [0.2, 0.25) is 5.02 Å². The Morgan fingerprint density at radius 3 is 2.69 bits per heavy atom. The molecule has 1 aromatic carbocycles. The minimum atomic E-state index is -0.349. The van der Waals surface area contributed by atoms with Gasteiger partial charge in [0, 0.05) is 31.7 Å². The minimum Gasteiger partial charge on any atom is -0.495 e. The highest BCUT2D eigenvalue weighted by Gasteiger charge is 2.35. The van der Waals surface area contributed by atoms with Crippen molar-refractivity contribution in [3.63, 3.8) is 0 Å². The maximum atomic E-state index is 12.5. The zero-order valence-corrected chi connectivity index (χ0v) is 16.9. The Labute approximate surface area is 160 Å². The highest BCUT2D eigenvalue weighted by Crippen LogP contribution is 2.32. The fourth-order valence-corrected chi connectivity index (χ4v) is 3.59. The molecule has 1 heterocycles. The van der Waals surface area contributed by atoms with E-state index in [1.807, 2.05) is 14.1 Å². The quantitative estimate of drug-likeness (QED) is 0.787. The molecule has 1 saturated heterocycles. The molecule has 0 aliphatic carbocycles. The molecule has 1 N–H and O–H groups in total. The number of methoxy groups -OCH3 is 1. The van der Waals surface area contributed by atoms with Crippen LogP contribution in [-0.4, -0.2) is 57.6 Å². The Bertz CT molecular complexity index is 676. The maximum absolute atomic E-state index is 12.5. The first-order valence-corrected chi connectivity index (χ1v) is 9.07. The van der Waals surface area contributed by atoms with E-state index in [2.05, 4.69) is 24.1 Å². The fourth-order valence-electron chi connectivity index (χ4n) is 3.34. The van der Waals surface area contributed by atoms with Crippen molar-refractivity contribution in [3.8, 4) is 5.75 Å². The molecule has 2 amide bonds. The van der Waals surface area contributed by atoms with E-state index in [0.29, 0.717) is 29.5 Å². The van der Waals surface area contributed by atoms with E-state index in [1.165, 1.54) is 0 Å². The Hall–Kier alpha value is -1.79. The second kappa shape index (κ2) is 8.27. The van der Waals surface area contributed by atoms with Crippen LogP contribution in [0, 0.1) is 11.3 Å². The molecule has 1 aliphatic heterocycles. The van der Waals surface area contributed by atoms with E-state index in [4.69, 9.17) is 16.3 Å². The summed E-state index contributed by atoms with van der Waals surface area (Å²) in [7, 11) is 5.56. The molecule has 144 valence electrons. The van der Waals surface area contributed by atoms with Gasteiger partial charge < -0.3 is 19.9 Å². The molecule has 0 aromatic heterocycles. The minimum absolute atomic E-state index is 0.0367. The highest BCUT2D eigenvalue weighted by atomic mass is 35.5. The van der Waals surface area contributed by atoms with Gasteiger partial charge in [0.25, 0.3) is 0 Å². The molecule has 1 aromatic rings. The summed E-state index contributed by atoms with van der Waals surface area (Å²) in [6.07, 6.45) is 0.212. The number of carbonyl (C=O) groups excluding carboxylic acids is 2. The predicted molar refractivity (Wildman–Crippen MR) is 104 cm³/mol. The smallest absolute Gasteiger partial charge is 0.227 e. The number of rotatable bonds is 7. The molecular weight excluding hydrogens is 354 g/mol. The molecule has 26 heavy (non-hydrogen) atoms. The average Bonchev–Trinajstić information content (AvgIpc) is 2.93. The molecule has 0 spiro atoms. The molecule has 0 saturated carbocycles. The van der Waals surface area contributed by atoms with E-state index in [9.17, 15) is 9.59 Å². The number of carbonyl (C=O) groups is 2. The predicted octanol–water partition coefficient (Wildman–Crippen LogP) is 2.41. The summed E-state index contributed by atoms with van der Waals surface area (Å²) in [5.41, 5.74) is 0.648. The second-order valence-electron chi connectivity index (χ2n) is 7.84. The molecule has 0 radical (unpaired) electrons. The van der Waals surface area contributed by atoms with Gasteiger partial charge in [-0.1, -0.05) is 25.4 Å². The lowest BCUT2D eigenvalue weighted by atomic mass is 9.92. The molecule has 1 fully saturated rings. The van der Waals surface area contributed by atoms with Crippen molar-refractivity contribution in [2.75, 3.05) is 45.7 Å². The monoisotopic (exact) mass is 381 g/mol. The zero-order valence-electron chi connectivity index (χ0n) is 16.1. The van der Waals surface area contributed by atoms with E-state index in [0.717, 1.165) is 6.54 Å². The van der Waals surface area contributed by atoms with Gasteiger partial charge in [0.2, 0.25) is 11.8 Å². The van der Waals surface area contributed by atoms with Crippen LogP contribution in [-0.2, 0) is 9.59 Å². The standard InChI is InChI=1S/C19H28ClN3O3/c1-19(2,12-22(3)4)11-21-18(25)13-8-17(24)23(10-13)14-6-7-16(26-5)15(20)9-14/h6-7,9,13H,8,10-12H2,1-5H3,(H,21,25)/t13-/m1/s1. The molecule has 2 rings (SSSR count). The molecule has 1 aliphatic rings. The van der Waals surface area contributed by atoms with Gasteiger partial charge in [0.05, 0.1) is 18.1 Å². The van der Waals surface area contributed by atoms with Crippen molar-refractivity contribution >= 4 is 29.1 Å². The normalized spacial score (nSPS) is 17.7. The summed E-state index contributed by atoms with van der Waals surface area (Å²) in [5, 5.41) is 3.44. The third-order valence-electron chi connectivity index (χ3n) is 4.43. The van der Waals surface area contributed by atoms with Crippen LogP contribution in [0.1, 0.15) is 20.3 Å². The molecule has 1 atom stereocenters. The van der Waals surface area contributed by atoms with Gasteiger partial charge in [-0.05, 0) is 37.7 Å². The van der Waals surface area contributed by atoms with Crippen molar-refractivity contribution < 1.29 is 14.3 Å². The van der Waals surface area contributed by atoms with E-state index >= 15 is 0 Å². The molecule has 0 unspecified atom stereocenters. The van der Waals surface area contributed by atoms with Gasteiger partial charge in [-0.25, -0.2) is 0 Å². The van der Waals surface area contributed by atoms with Crippen LogP contribution in [0.15, 0.2) is 18.2 Å². The van der Waals surface area contributed by atoms with Crippen molar-refractivity contribution in [2.45, 2.75) is 20.3 Å². The van der Waals surface area contributed by atoms with Crippen LogP contribution in [0.3, 0.4) is 0 Å². The summed E-state index contributed by atoms with van der Waals surface area (Å²) in [4.78, 5) is 28.6. The number of nitrogens with zero attached hydrogens (tertiary/aromatic N) is 2. The van der Waals surface area contributed by atoms with Crippen LogP contribution in [0.25, 0.3) is 0 Å². The summed E-state index contributed by atoms with van der Waals surface area (Å²) < 4.78 is 5.14. The average molecular weight is 382 g/mol. The molecule has 6 nitrogen and oxygen atoms in total. The Morgan fingerprint density at radius 1 is 1.42 bits per heavy atom. The third kappa shape index (κ3) is 5.11. The lowest BCUT2D eigenvalue weighted by Gasteiger charge is -2.29. The number of amides is 2. The highest BCUT2D eigenvalue weighted by molar-refractivity contribution is 6.32. The number of hydrogen-bond acceptors (Lipinski definition) is 4. The van der Waals surface area contributed by atoms with Gasteiger partial charge in [-0.3, -0.25) is 9.59 Å². The van der Waals surface area contributed by atoms with Gasteiger partial charge in [0.1, 0.15) is 5.75 Å². The van der Waals surface area contributed by atoms with E-state index in [1.54, 1.807) is 30.2 Å². The SMILES string of the molecule is COc1ccc(N2C[C@H](C(=O)NCC(C)(C)CN(C)C)CC2=O)cc1Cl. The van der Waals surface area contributed by atoms with Gasteiger partial charge >= 0.3 is 0 Å². The van der Waals surface area contributed by atoms with Gasteiger partial charge in [-0.2, -0.15) is 0 Å². The fraction of sp³-hybridized carbons (Fsp3) is 0.579. The largest absolute Gasteiger partial charge is 0.495 e. The van der Waals surface area contributed by atoms with Crippen LogP contribution < -0.4 is 15.0 Å². The van der Waals surface area contributed by atoms with Crippen molar-refractivity contribution in [1.29, 1.82) is 0 Å². The number of ether oxygens (including phenoxy) is 1. The van der Waals surface area contributed by atoms with E-state index < -0.39 is 0 Å². The summed E-state index contributed by atoms with van der Waals surface area (Å²) in [6.45, 7) is 6.02. The number of benzene rings is 1. The van der Waals surface area contributed by atoms with Crippen molar-refractivity contribution in [1.82, 2.24) is 10.2 Å². The zero-order chi connectivity index (χ0) is 19.5. The van der Waals surface area contributed by atoms with Crippen molar-refractivity contribution in [2.24, 2.45) is 11.3 Å². The first-order chi connectivity index (χ1) is 12.1. The number of hydrogen-bond donors (Lipinski definition) is 1. The summed E-state index contributed by atoms with van der Waals surface area (Å²) in [5.74, 6) is 0.0595. The second-order valence-corrected chi connectivity index (χ2v) is 8.25. The lowest BCUT2D eigenvalue weighted by Crippen LogP contribution is -2.42. The summed E-state index contributed by atoms with van der Waals surface area (Å²) >= 11 is 6.15. The van der Waals surface area contributed by atoms with Crippen LogP contribution in [0.4, 0.5) is 5.69 Å². The first kappa shape index (κ1) is 20.5. The Kier molecular flexibility index (Phi) is 6.53. The Balaban J connectivity index is 1.98. The maximum Gasteiger partial charge on any atom is 0.227 e. The number of anilines is 1. The number of nitrogens with one attached hydrogen (secondary N) is 1. The first-order valence-electron chi connectivity index (χ1n) is 8.69. The molecule has 7 heteroatoms. The molecule has 0 bridgehead atoms.